The normalized spacial score (nSPS) is 16.3. The molecule has 4 rings (SSSR count). The minimum absolute atomic E-state index is 0.0747. The van der Waals surface area contributed by atoms with Gasteiger partial charge < -0.3 is 14.6 Å². The monoisotopic (exact) mass is 375 g/mol. The Kier molecular flexibility index (Phi) is 4.69. The molecule has 2 aromatic carbocycles. The van der Waals surface area contributed by atoms with E-state index in [0.29, 0.717) is 23.7 Å². The number of amides is 2. The highest BCUT2D eigenvalue weighted by molar-refractivity contribution is 6.00. The quantitative estimate of drug-likeness (QED) is 0.757. The molecule has 28 heavy (non-hydrogen) atoms. The van der Waals surface area contributed by atoms with Crippen LogP contribution in [0.25, 0.3) is 0 Å². The topological polar surface area (TPSA) is 75.4 Å². The van der Waals surface area contributed by atoms with E-state index in [2.05, 4.69) is 10.3 Å². The lowest BCUT2D eigenvalue weighted by molar-refractivity contribution is -0.117. The molecule has 0 aliphatic carbocycles. The maximum atomic E-state index is 13.5. The molecule has 1 aliphatic rings. The molecule has 0 fully saturated rings. The predicted octanol–water partition coefficient (Wildman–Crippen LogP) is 3.73. The Balaban J connectivity index is 1.86. The van der Waals surface area contributed by atoms with Gasteiger partial charge in [0.1, 0.15) is 6.54 Å². The molecule has 1 aliphatic heterocycles. The molecular formula is C22H21N3O3. The average Bonchev–Trinajstić information content (AvgIpc) is 3.02. The number of nitrogens with zero attached hydrogens (tertiary/aromatic N) is 2. The number of carbonyl (C=O) groups is 2. The summed E-state index contributed by atoms with van der Waals surface area (Å²) >= 11 is 0. The Bertz CT molecular complexity index is 1030. The van der Waals surface area contributed by atoms with Crippen LogP contribution in [-0.4, -0.2) is 28.2 Å². The third-order valence-electron chi connectivity index (χ3n) is 4.87. The molecule has 142 valence electrons. The van der Waals surface area contributed by atoms with Crippen LogP contribution in [-0.2, 0) is 11.2 Å². The fraction of sp³-hybridized carbons (Fsp3) is 0.227. The van der Waals surface area contributed by atoms with Crippen molar-refractivity contribution in [1.29, 1.82) is 0 Å². The van der Waals surface area contributed by atoms with Gasteiger partial charge in [0, 0.05) is 17.7 Å². The van der Waals surface area contributed by atoms with Crippen molar-refractivity contribution in [2.75, 3.05) is 11.9 Å². The van der Waals surface area contributed by atoms with Crippen LogP contribution in [0.15, 0.2) is 59.0 Å². The van der Waals surface area contributed by atoms with Crippen LogP contribution in [0.4, 0.5) is 5.69 Å². The molecular weight excluding hydrogens is 354 g/mol. The largest absolute Gasteiger partial charge is 0.435 e. The highest BCUT2D eigenvalue weighted by Crippen LogP contribution is 2.36. The molecule has 0 bridgehead atoms. The molecule has 0 unspecified atom stereocenters. The summed E-state index contributed by atoms with van der Waals surface area (Å²) in [5.74, 6) is 0.110. The highest BCUT2D eigenvalue weighted by Gasteiger charge is 2.35. The molecule has 1 N–H and O–H groups in total. The van der Waals surface area contributed by atoms with Crippen LogP contribution in [0.2, 0.25) is 0 Å². The first kappa shape index (κ1) is 18.0. The van der Waals surface area contributed by atoms with Gasteiger partial charge in [0.2, 0.25) is 11.7 Å². The molecule has 0 saturated carbocycles. The number of aromatic nitrogens is 1. The fourth-order valence-electron chi connectivity index (χ4n) is 3.57. The van der Waals surface area contributed by atoms with Crippen molar-refractivity contribution in [2.24, 2.45) is 0 Å². The Morgan fingerprint density at radius 3 is 2.61 bits per heavy atom. The number of rotatable bonds is 3. The molecule has 2 heterocycles. The number of oxazole rings is 1. The molecule has 0 spiro atoms. The number of hydrogen-bond donors (Lipinski definition) is 1. The third kappa shape index (κ3) is 3.17. The average molecular weight is 375 g/mol. The van der Waals surface area contributed by atoms with E-state index < -0.39 is 6.04 Å². The minimum atomic E-state index is -0.418. The van der Waals surface area contributed by atoms with Crippen molar-refractivity contribution in [3.8, 4) is 0 Å². The van der Waals surface area contributed by atoms with E-state index >= 15 is 0 Å². The van der Waals surface area contributed by atoms with Crippen LogP contribution in [0.5, 0.6) is 0 Å². The number of nitrogens with one attached hydrogen (secondary N) is 1. The number of hydrogen-bond acceptors (Lipinski definition) is 4. The van der Waals surface area contributed by atoms with Gasteiger partial charge in [-0.2, -0.15) is 0 Å². The van der Waals surface area contributed by atoms with Gasteiger partial charge in [-0.1, -0.05) is 55.5 Å². The van der Waals surface area contributed by atoms with Crippen LogP contribution in [0.1, 0.15) is 46.2 Å². The van der Waals surface area contributed by atoms with E-state index in [1.54, 1.807) is 11.8 Å². The van der Waals surface area contributed by atoms with E-state index in [9.17, 15) is 9.59 Å². The number of fused-ring (bicyclic) bond motifs is 1. The Morgan fingerprint density at radius 1 is 1.18 bits per heavy atom. The van der Waals surface area contributed by atoms with Crippen molar-refractivity contribution >= 4 is 17.5 Å². The first-order valence-electron chi connectivity index (χ1n) is 9.29. The summed E-state index contributed by atoms with van der Waals surface area (Å²) in [6.45, 7) is 3.59. The molecule has 3 aromatic rings. The number of anilines is 1. The molecule has 0 saturated heterocycles. The van der Waals surface area contributed by atoms with Crippen LogP contribution in [0.3, 0.4) is 0 Å². The molecule has 2 amide bonds. The first-order chi connectivity index (χ1) is 13.6. The lowest BCUT2D eigenvalue weighted by Gasteiger charge is -2.30. The van der Waals surface area contributed by atoms with Crippen molar-refractivity contribution in [3.63, 3.8) is 0 Å². The number of carbonyl (C=O) groups excluding carboxylic acids is 2. The molecule has 6 heteroatoms. The second-order valence-corrected chi connectivity index (χ2v) is 6.76. The van der Waals surface area contributed by atoms with Gasteiger partial charge in [0.25, 0.3) is 5.91 Å². The van der Waals surface area contributed by atoms with Crippen LogP contribution < -0.4 is 5.32 Å². The fourth-order valence-corrected chi connectivity index (χ4v) is 3.57. The van der Waals surface area contributed by atoms with Crippen molar-refractivity contribution in [2.45, 2.75) is 26.3 Å². The summed E-state index contributed by atoms with van der Waals surface area (Å²) in [7, 11) is 0. The van der Waals surface area contributed by atoms with E-state index in [1.807, 2.05) is 61.5 Å². The summed E-state index contributed by atoms with van der Waals surface area (Å²) in [6.07, 6.45) is 0.597. The summed E-state index contributed by atoms with van der Waals surface area (Å²) in [4.78, 5) is 31.9. The second-order valence-electron chi connectivity index (χ2n) is 6.76. The summed E-state index contributed by atoms with van der Waals surface area (Å²) in [5, 5.41) is 2.91. The van der Waals surface area contributed by atoms with Gasteiger partial charge in [-0.05, 0) is 18.6 Å². The summed E-state index contributed by atoms with van der Waals surface area (Å²) in [6, 6.07) is 16.8. The van der Waals surface area contributed by atoms with Gasteiger partial charge >= 0.3 is 0 Å². The van der Waals surface area contributed by atoms with Crippen molar-refractivity contribution in [3.05, 3.63) is 83.1 Å². The number of aryl methyl sites for hydroxylation is 2. The Morgan fingerprint density at radius 2 is 1.89 bits per heavy atom. The SMILES string of the molecule is CCc1nc(C)c(C(=O)N2CC(=O)Nc3ccccc3[C@H]2c2ccccc2)o1. The zero-order valence-corrected chi connectivity index (χ0v) is 15.8. The van der Waals surface area contributed by atoms with Gasteiger partial charge in [0.05, 0.1) is 11.7 Å². The van der Waals surface area contributed by atoms with Gasteiger partial charge in [0.15, 0.2) is 5.89 Å². The van der Waals surface area contributed by atoms with Crippen LogP contribution in [0, 0.1) is 6.92 Å². The minimum Gasteiger partial charge on any atom is -0.435 e. The predicted molar refractivity (Wildman–Crippen MR) is 105 cm³/mol. The number of para-hydroxylation sites is 1. The standard InChI is InChI=1S/C22H21N3O3/c1-3-19-23-14(2)21(28-19)22(27)25-13-18(26)24-17-12-8-7-11-16(17)20(25)15-9-5-4-6-10-15/h4-12,20H,3,13H2,1-2H3,(H,24,26)/t20-/m1/s1. The van der Waals surface area contributed by atoms with Gasteiger partial charge in [-0.3, -0.25) is 9.59 Å². The molecule has 0 radical (unpaired) electrons. The maximum Gasteiger partial charge on any atom is 0.292 e. The summed E-state index contributed by atoms with van der Waals surface area (Å²) in [5.41, 5.74) is 3.03. The lowest BCUT2D eigenvalue weighted by Crippen LogP contribution is -2.39. The molecule has 1 atom stereocenters. The van der Waals surface area contributed by atoms with E-state index in [4.69, 9.17) is 4.42 Å². The van der Waals surface area contributed by atoms with E-state index in [1.165, 1.54) is 0 Å². The molecule has 1 aromatic heterocycles. The van der Waals surface area contributed by atoms with Crippen molar-refractivity contribution < 1.29 is 14.0 Å². The maximum absolute atomic E-state index is 13.5. The van der Waals surface area contributed by atoms with E-state index in [0.717, 1.165) is 11.1 Å². The highest BCUT2D eigenvalue weighted by atomic mass is 16.4. The van der Waals surface area contributed by atoms with Gasteiger partial charge in [-0.25, -0.2) is 4.98 Å². The van der Waals surface area contributed by atoms with Crippen molar-refractivity contribution in [1.82, 2.24) is 9.88 Å². The van der Waals surface area contributed by atoms with Crippen LogP contribution >= 0.6 is 0 Å². The Labute approximate surface area is 163 Å². The zero-order valence-electron chi connectivity index (χ0n) is 15.8. The molecule has 6 nitrogen and oxygen atoms in total. The summed E-state index contributed by atoms with van der Waals surface area (Å²) < 4.78 is 5.69. The Hall–Kier alpha value is -3.41. The zero-order chi connectivity index (χ0) is 19.7. The number of benzene rings is 2. The van der Waals surface area contributed by atoms with Gasteiger partial charge in [-0.15, -0.1) is 0 Å². The lowest BCUT2D eigenvalue weighted by atomic mass is 9.95. The second kappa shape index (κ2) is 7.31. The van der Waals surface area contributed by atoms with E-state index in [-0.39, 0.29) is 24.1 Å². The first-order valence-corrected chi connectivity index (χ1v) is 9.29. The smallest absolute Gasteiger partial charge is 0.292 e. The third-order valence-corrected chi connectivity index (χ3v) is 4.87.